The van der Waals surface area contributed by atoms with E-state index in [1.807, 2.05) is 12.1 Å². The smallest absolute Gasteiger partial charge is 0.227 e. The number of aromatic nitrogens is 2. The molecule has 1 N–H and O–H groups in total. The molecule has 8 heteroatoms. The minimum absolute atomic E-state index is 0.0693. The van der Waals surface area contributed by atoms with E-state index in [0.29, 0.717) is 16.7 Å². The summed E-state index contributed by atoms with van der Waals surface area (Å²) in [6.45, 7) is 1.62. The fraction of sp³-hybridized carbons (Fsp3) is 0.429. The SMILES string of the molecule is O=S1CN(C2(CO)CCC2)c2nc(N3CC=C(c4ccc(Cl)cc4)CC3)ncc21. The van der Waals surface area contributed by atoms with Crippen molar-refractivity contribution in [2.24, 2.45) is 0 Å². The average Bonchev–Trinajstić information content (AvgIpc) is 3.05. The Kier molecular flexibility index (Phi) is 4.84. The molecule has 3 aliphatic rings. The van der Waals surface area contributed by atoms with Crippen molar-refractivity contribution in [3.8, 4) is 0 Å². The Morgan fingerprint density at radius 2 is 2.03 bits per heavy atom. The van der Waals surface area contributed by atoms with Crippen LogP contribution in [0.4, 0.5) is 11.8 Å². The number of halogens is 1. The summed E-state index contributed by atoms with van der Waals surface area (Å²) in [5.74, 6) is 1.79. The first kappa shape index (κ1) is 19.0. The van der Waals surface area contributed by atoms with E-state index in [2.05, 4.69) is 33.0 Å². The number of aliphatic hydroxyl groups excluding tert-OH is 1. The van der Waals surface area contributed by atoms with Gasteiger partial charge in [0, 0.05) is 18.1 Å². The van der Waals surface area contributed by atoms with Crippen molar-refractivity contribution in [1.29, 1.82) is 0 Å². The minimum atomic E-state index is -1.14. The zero-order chi connectivity index (χ0) is 20.0. The average molecular weight is 431 g/mol. The first-order valence-corrected chi connectivity index (χ1v) is 11.6. The number of benzene rings is 1. The number of aliphatic hydroxyl groups is 1. The van der Waals surface area contributed by atoms with Gasteiger partial charge < -0.3 is 14.9 Å². The van der Waals surface area contributed by atoms with Crippen LogP contribution in [0.5, 0.6) is 0 Å². The van der Waals surface area contributed by atoms with Crippen LogP contribution >= 0.6 is 11.6 Å². The van der Waals surface area contributed by atoms with E-state index in [0.717, 1.165) is 49.6 Å². The first-order valence-electron chi connectivity index (χ1n) is 9.93. The fourth-order valence-electron chi connectivity index (χ4n) is 4.34. The van der Waals surface area contributed by atoms with Crippen LogP contribution in [0, 0.1) is 0 Å². The molecule has 152 valence electrons. The highest BCUT2D eigenvalue weighted by atomic mass is 35.5. The molecule has 0 bridgehead atoms. The highest BCUT2D eigenvalue weighted by molar-refractivity contribution is 7.85. The summed E-state index contributed by atoms with van der Waals surface area (Å²) in [5, 5.41) is 10.7. The van der Waals surface area contributed by atoms with Crippen LogP contribution in [0.2, 0.25) is 5.02 Å². The van der Waals surface area contributed by atoms with Crippen molar-refractivity contribution in [1.82, 2.24) is 9.97 Å². The molecule has 5 rings (SSSR count). The molecule has 0 radical (unpaired) electrons. The Morgan fingerprint density at radius 1 is 1.24 bits per heavy atom. The Labute approximate surface area is 177 Å². The lowest BCUT2D eigenvalue weighted by Crippen LogP contribution is -2.56. The van der Waals surface area contributed by atoms with Gasteiger partial charge in [-0.1, -0.05) is 29.8 Å². The van der Waals surface area contributed by atoms with Gasteiger partial charge >= 0.3 is 0 Å². The van der Waals surface area contributed by atoms with Crippen LogP contribution in [-0.4, -0.2) is 50.4 Å². The normalized spacial score (nSPS) is 22.8. The molecular weight excluding hydrogens is 408 g/mol. The highest BCUT2D eigenvalue weighted by Gasteiger charge is 2.47. The summed E-state index contributed by atoms with van der Waals surface area (Å²) in [6, 6.07) is 7.94. The van der Waals surface area contributed by atoms with Crippen molar-refractivity contribution in [2.75, 3.05) is 35.4 Å². The van der Waals surface area contributed by atoms with Gasteiger partial charge in [0.2, 0.25) is 5.95 Å². The lowest BCUT2D eigenvalue weighted by molar-refractivity contribution is 0.119. The summed E-state index contributed by atoms with van der Waals surface area (Å²) in [4.78, 5) is 14.2. The molecule has 0 spiro atoms. The predicted octanol–water partition coefficient (Wildman–Crippen LogP) is 3.22. The van der Waals surface area contributed by atoms with E-state index in [4.69, 9.17) is 16.6 Å². The van der Waals surface area contributed by atoms with Gasteiger partial charge in [0.25, 0.3) is 0 Å². The van der Waals surface area contributed by atoms with Crippen molar-refractivity contribution in [2.45, 2.75) is 36.1 Å². The first-order chi connectivity index (χ1) is 14.1. The summed E-state index contributed by atoms with van der Waals surface area (Å²) < 4.78 is 12.6. The van der Waals surface area contributed by atoms with Gasteiger partial charge in [0.05, 0.1) is 29.1 Å². The second-order valence-corrected chi connectivity index (χ2v) is 9.75. The molecule has 1 fully saturated rings. The fourth-order valence-corrected chi connectivity index (χ4v) is 5.77. The zero-order valence-corrected chi connectivity index (χ0v) is 17.6. The monoisotopic (exact) mass is 430 g/mol. The molecule has 0 amide bonds. The number of hydrogen-bond acceptors (Lipinski definition) is 6. The molecule has 2 aliphatic heterocycles. The molecule has 1 unspecified atom stereocenters. The molecule has 0 saturated heterocycles. The maximum Gasteiger partial charge on any atom is 0.227 e. The third kappa shape index (κ3) is 3.25. The predicted molar refractivity (Wildman–Crippen MR) is 116 cm³/mol. The van der Waals surface area contributed by atoms with Crippen LogP contribution in [0.25, 0.3) is 5.57 Å². The van der Waals surface area contributed by atoms with Crippen molar-refractivity contribution in [3.63, 3.8) is 0 Å². The Morgan fingerprint density at radius 3 is 2.66 bits per heavy atom. The molecule has 2 aromatic rings. The lowest BCUT2D eigenvalue weighted by Gasteiger charge is -2.47. The largest absolute Gasteiger partial charge is 0.394 e. The van der Waals surface area contributed by atoms with Gasteiger partial charge in [-0.15, -0.1) is 0 Å². The molecule has 6 nitrogen and oxygen atoms in total. The number of rotatable bonds is 4. The molecular formula is C21H23ClN4O2S. The molecule has 1 atom stereocenters. The van der Waals surface area contributed by atoms with Gasteiger partial charge in [0.1, 0.15) is 10.8 Å². The molecule has 3 heterocycles. The summed E-state index contributed by atoms with van der Waals surface area (Å²) in [7, 11) is -1.14. The van der Waals surface area contributed by atoms with Crippen LogP contribution in [-0.2, 0) is 10.8 Å². The third-order valence-electron chi connectivity index (χ3n) is 6.33. The summed E-state index contributed by atoms with van der Waals surface area (Å²) in [5.41, 5.74) is 2.19. The molecule has 1 saturated carbocycles. The maximum atomic E-state index is 12.6. The number of anilines is 2. The second kappa shape index (κ2) is 7.38. The van der Waals surface area contributed by atoms with Crippen LogP contribution in [0.15, 0.2) is 41.4 Å². The van der Waals surface area contributed by atoms with Crippen molar-refractivity contribution >= 4 is 39.7 Å². The Bertz CT molecular complexity index is 985. The highest BCUT2D eigenvalue weighted by Crippen LogP contribution is 2.44. The van der Waals surface area contributed by atoms with E-state index in [9.17, 15) is 9.32 Å². The van der Waals surface area contributed by atoms with Crippen LogP contribution in [0.1, 0.15) is 31.2 Å². The maximum absolute atomic E-state index is 12.6. The van der Waals surface area contributed by atoms with Gasteiger partial charge in [0.15, 0.2) is 5.82 Å². The van der Waals surface area contributed by atoms with Crippen LogP contribution < -0.4 is 9.80 Å². The number of hydrogen-bond donors (Lipinski definition) is 1. The number of fused-ring (bicyclic) bond motifs is 1. The van der Waals surface area contributed by atoms with E-state index in [1.165, 1.54) is 11.1 Å². The van der Waals surface area contributed by atoms with E-state index >= 15 is 0 Å². The van der Waals surface area contributed by atoms with Crippen molar-refractivity contribution < 1.29 is 9.32 Å². The molecule has 1 aromatic carbocycles. The Hall–Kier alpha value is -1.96. The van der Waals surface area contributed by atoms with Gasteiger partial charge in [-0.05, 0) is 49.0 Å². The van der Waals surface area contributed by atoms with Gasteiger partial charge in [-0.3, -0.25) is 4.21 Å². The molecule has 1 aliphatic carbocycles. The van der Waals surface area contributed by atoms with Gasteiger partial charge in [-0.2, -0.15) is 4.98 Å². The van der Waals surface area contributed by atoms with E-state index < -0.39 is 10.8 Å². The summed E-state index contributed by atoms with van der Waals surface area (Å²) >= 11 is 5.99. The topological polar surface area (TPSA) is 69.6 Å². The minimum Gasteiger partial charge on any atom is -0.394 e. The zero-order valence-electron chi connectivity index (χ0n) is 16.1. The van der Waals surface area contributed by atoms with Gasteiger partial charge in [-0.25, -0.2) is 4.98 Å². The van der Waals surface area contributed by atoms with Crippen LogP contribution in [0.3, 0.4) is 0 Å². The molecule has 1 aromatic heterocycles. The van der Waals surface area contributed by atoms with E-state index in [-0.39, 0.29) is 12.1 Å². The van der Waals surface area contributed by atoms with Crippen molar-refractivity contribution in [3.05, 3.63) is 47.1 Å². The summed E-state index contributed by atoms with van der Waals surface area (Å²) in [6.07, 6.45) is 7.72. The number of nitrogens with zero attached hydrogens (tertiary/aromatic N) is 4. The second-order valence-electron chi connectivity index (χ2n) is 7.93. The Balaban J connectivity index is 1.39. The molecule has 29 heavy (non-hydrogen) atoms. The quantitative estimate of drug-likeness (QED) is 0.803. The standard InChI is InChI=1S/C21H23ClN4O2S/c22-17-4-2-15(3-5-17)16-6-10-25(11-7-16)20-23-12-18-19(24-20)26(14-29(18)28)21(13-27)8-1-9-21/h2-6,12,27H,1,7-11,13-14H2. The van der Waals surface area contributed by atoms with E-state index in [1.54, 1.807) is 6.20 Å². The lowest BCUT2D eigenvalue weighted by atomic mass is 9.76. The third-order valence-corrected chi connectivity index (χ3v) is 7.85.